The molecule has 2 rings (SSSR count). The monoisotopic (exact) mass is 210 g/mol. The fraction of sp³-hybridized carbons (Fsp3) is 0.111. The molecule has 2 aromatic heterocycles. The van der Waals surface area contributed by atoms with Crippen molar-refractivity contribution in [3.05, 3.63) is 33.5 Å². The molecule has 0 radical (unpaired) electrons. The van der Waals surface area contributed by atoms with Gasteiger partial charge in [-0.15, -0.1) is 11.3 Å². The summed E-state index contributed by atoms with van der Waals surface area (Å²) < 4.78 is 2.02. The van der Waals surface area contributed by atoms with E-state index in [2.05, 4.69) is 13.1 Å². The Labute approximate surface area is 85.1 Å². The second kappa shape index (κ2) is 3.40. The van der Waals surface area contributed by atoms with Crippen LogP contribution >= 0.6 is 22.9 Å². The van der Waals surface area contributed by atoms with Crippen LogP contribution < -0.4 is 5.73 Å². The Morgan fingerprint density at radius 3 is 2.92 bits per heavy atom. The third kappa shape index (κ3) is 1.84. The lowest BCUT2D eigenvalue weighted by molar-refractivity contribution is 1.22. The van der Waals surface area contributed by atoms with Gasteiger partial charge in [0.25, 0.3) is 0 Å². The fourth-order valence-corrected chi connectivity index (χ4v) is 2.41. The first kappa shape index (κ1) is 8.59. The molecule has 2 nitrogen and oxygen atoms in total. The zero-order chi connectivity index (χ0) is 9.26. The second-order valence-electron chi connectivity index (χ2n) is 2.75. The van der Waals surface area contributed by atoms with E-state index in [0.717, 1.165) is 10.6 Å². The van der Waals surface area contributed by atoms with E-state index >= 15 is 0 Å². The fourth-order valence-electron chi connectivity index (χ4n) is 1.05. The van der Waals surface area contributed by atoms with Crippen LogP contribution in [0.3, 0.4) is 0 Å². The molecule has 0 saturated heterocycles. The highest BCUT2D eigenvalue weighted by atomic mass is 32.1. The van der Waals surface area contributed by atoms with Crippen molar-refractivity contribution >= 4 is 34.8 Å². The maximum absolute atomic E-state index is 5.88. The molecule has 68 valence electrons. The summed E-state index contributed by atoms with van der Waals surface area (Å²) in [6.07, 6.45) is 4.01. The highest BCUT2D eigenvalue weighted by Gasteiger charge is 1.99. The lowest BCUT2D eigenvalue weighted by Crippen LogP contribution is -1.98. The minimum atomic E-state index is 0.825. The van der Waals surface area contributed by atoms with Crippen LogP contribution in [-0.2, 0) is 0 Å². The highest BCUT2D eigenvalue weighted by Crippen LogP contribution is 2.19. The minimum absolute atomic E-state index is 0.825. The normalized spacial score (nSPS) is 12.2. The average Bonchev–Trinajstić information content (AvgIpc) is 2.53. The van der Waals surface area contributed by atoms with E-state index in [-0.39, 0.29) is 0 Å². The van der Waals surface area contributed by atoms with E-state index in [1.165, 1.54) is 4.88 Å². The average molecular weight is 210 g/mol. The largest absolute Gasteiger partial charge is 0.396 e. The van der Waals surface area contributed by atoms with Gasteiger partial charge in [-0.25, -0.2) is 0 Å². The standard InChI is InChI=1S/C9H10N2S2/c1-7-5-11(13-7)6-8(10)9-3-2-4-12-9/h2-6H,10H2,1H3/b8-6-. The van der Waals surface area contributed by atoms with E-state index in [1.54, 1.807) is 22.9 Å². The van der Waals surface area contributed by atoms with Gasteiger partial charge in [-0.1, -0.05) is 17.6 Å². The number of nitrogens with two attached hydrogens (primary N) is 1. The molecule has 0 aliphatic rings. The van der Waals surface area contributed by atoms with Gasteiger partial charge in [-0.2, -0.15) is 0 Å². The van der Waals surface area contributed by atoms with Crippen LogP contribution in [0.25, 0.3) is 11.9 Å². The topological polar surface area (TPSA) is 30.9 Å². The van der Waals surface area contributed by atoms with Crippen molar-refractivity contribution in [1.29, 1.82) is 0 Å². The van der Waals surface area contributed by atoms with Crippen molar-refractivity contribution in [3.8, 4) is 0 Å². The van der Waals surface area contributed by atoms with E-state index in [9.17, 15) is 0 Å². The van der Waals surface area contributed by atoms with E-state index in [1.807, 2.05) is 27.7 Å². The Morgan fingerprint density at radius 2 is 2.38 bits per heavy atom. The minimum Gasteiger partial charge on any atom is -0.396 e. The molecule has 2 heterocycles. The molecule has 0 aliphatic carbocycles. The van der Waals surface area contributed by atoms with Crippen molar-refractivity contribution in [3.63, 3.8) is 0 Å². The molecule has 0 atom stereocenters. The van der Waals surface area contributed by atoms with E-state index in [0.29, 0.717) is 0 Å². The first-order valence-corrected chi connectivity index (χ1v) is 5.57. The van der Waals surface area contributed by atoms with Crippen LogP contribution in [0.4, 0.5) is 0 Å². The van der Waals surface area contributed by atoms with Crippen LogP contribution in [0.1, 0.15) is 9.75 Å². The lowest BCUT2D eigenvalue weighted by Gasteiger charge is -2.06. The molecule has 13 heavy (non-hydrogen) atoms. The zero-order valence-corrected chi connectivity index (χ0v) is 8.86. The van der Waals surface area contributed by atoms with Gasteiger partial charge < -0.3 is 5.73 Å². The summed E-state index contributed by atoms with van der Waals surface area (Å²) in [6.45, 7) is 2.08. The van der Waals surface area contributed by atoms with Crippen molar-refractivity contribution in [1.82, 2.24) is 3.96 Å². The molecule has 4 heteroatoms. The van der Waals surface area contributed by atoms with Crippen molar-refractivity contribution in [2.45, 2.75) is 6.92 Å². The molecule has 0 aromatic carbocycles. The molecule has 0 aliphatic heterocycles. The van der Waals surface area contributed by atoms with Gasteiger partial charge in [0, 0.05) is 17.3 Å². The Hall–Kier alpha value is -1.00. The summed E-state index contributed by atoms with van der Waals surface area (Å²) in [6, 6.07) is 4.03. The predicted molar refractivity (Wildman–Crippen MR) is 59.7 cm³/mol. The Bertz CT molecular complexity index is 394. The molecule has 2 aromatic rings. The van der Waals surface area contributed by atoms with Crippen molar-refractivity contribution in [2.24, 2.45) is 5.73 Å². The number of nitrogens with zero attached hydrogens (tertiary/aromatic N) is 1. The molecule has 0 bridgehead atoms. The maximum atomic E-state index is 5.88. The number of thiophene rings is 1. The number of rotatable bonds is 2. The van der Waals surface area contributed by atoms with Gasteiger partial charge in [-0.3, -0.25) is 3.96 Å². The summed E-state index contributed by atoms with van der Waals surface area (Å²) in [5.41, 5.74) is 6.71. The number of aryl methyl sites for hydroxylation is 1. The summed E-state index contributed by atoms with van der Waals surface area (Å²) >= 11 is 3.36. The summed E-state index contributed by atoms with van der Waals surface area (Å²) in [5.74, 6) is 0. The van der Waals surface area contributed by atoms with Gasteiger partial charge in [0.1, 0.15) is 0 Å². The van der Waals surface area contributed by atoms with Crippen LogP contribution in [0.5, 0.6) is 0 Å². The van der Waals surface area contributed by atoms with Crippen LogP contribution in [0.2, 0.25) is 0 Å². The van der Waals surface area contributed by atoms with Gasteiger partial charge in [0.2, 0.25) is 0 Å². The molecule has 0 saturated carbocycles. The zero-order valence-electron chi connectivity index (χ0n) is 7.23. The third-order valence-corrected chi connectivity index (χ3v) is 3.36. The molecule has 0 fully saturated rings. The Balaban J connectivity index is 2.19. The van der Waals surface area contributed by atoms with Gasteiger partial charge >= 0.3 is 0 Å². The van der Waals surface area contributed by atoms with E-state index < -0.39 is 0 Å². The van der Waals surface area contributed by atoms with Gasteiger partial charge in [0.05, 0.1) is 10.6 Å². The quantitative estimate of drug-likeness (QED) is 0.812. The summed E-state index contributed by atoms with van der Waals surface area (Å²) in [7, 11) is 0. The maximum Gasteiger partial charge on any atom is 0.0667 e. The molecule has 2 N–H and O–H groups in total. The first-order valence-electron chi connectivity index (χ1n) is 3.91. The van der Waals surface area contributed by atoms with Crippen LogP contribution in [0.15, 0.2) is 23.7 Å². The molecule has 0 unspecified atom stereocenters. The lowest BCUT2D eigenvalue weighted by atomic mass is 10.4. The van der Waals surface area contributed by atoms with Gasteiger partial charge in [0.15, 0.2) is 0 Å². The van der Waals surface area contributed by atoms with Gasteiger partial charge in [-0.05, 0) is 18.4 Å². The second-order valence-corrected chi connectivity index (χ2v) is 4.95. The number of aromatic nitrogens is 1. The van der Waals surface area contributed by atoms with Crippen LogP contribution in [-0.4, -0.2) is 3.96 Å². The Morgan fingerprint density at radius 1 is 1.62 bits per heavy atom. The van der Waals surface area contributed by atoms with E-state index in [4.69, 9.17) is 5.73 Å². The van der Waals surface area contributed by atoms with Crippen molar-refractivity contribution < 1.29 is 0 Å². The SMILES string of the molecule is Cc1cn(/C=C(\N)c2cccs2)s1. The summed E-state index contributed by atoms with van der Waals surface area (Å²) in [5, 5.41) is 2.03. The third-order valence-electron chi connectivity index (χ3n) is 1.63. The number of hydrogen-bond acceptors (Lipinski definition) is 3. The number of hydrogen-bond donors (Lipinski definition) is 1. The Kier molecular flexibility index (Phi) is 2.24. The van der Waals surface area contributed by atoms with Crippen LogP contribution in [0, 0.1) is 6.92 Å². The highest BCUT2D eigenvalue weighted by molar-refractivity contribution is 7.11. The molecular formula is C9H10N2S2. The predicted octanol–water partition coefficient (Wildman–Crippen LogP) is 2.83. The smallest absolute Gasteiger partial charge is 0.0667 e. The molecule has 0 spiro atoms. The molecule has 0 amide bonds. The molecular weight excluding hydrogens is 200 g/mol. The first-order chi connectivity index (χ1) is 6.25. The summed E-state index contributed by atoms with van der Waals surface area (Å²) in [4.78, 5) is 2.44. The van der Waals surface area contributed by atoms with Crippen molar-refractivity contribution in [2.75, 3.05) is 0 Å².